The summed E-state index contributed by atoms with van der Waals surface area (Å²) in [5.74, 6) is -0.844. The van der Waals surface area contributed by atoms with E-state index in [1.54, 1.807) is 6.07 Å². The van der Waals surface area contributed by atoms with E-state index in [9.17, 15) is 27.9 Å². The average Bonchev–Trinajstić information content (AvgIpc) is 3.53. The molecule has 5 rings (SSSR count). The maximum atomic E-state index is 13.7. The van der Waals surface area contributed by atoms with Crippen molar-refractivity contribution in [3.63, 3.8) is 0 Å². The van der Waals surface area contributed by atoms with E-state index in [1.165, 1.54) is 36.7 Å². The molecule has 1 atom stereocenters. The highest BCUT2D eigenvalue weighted by molar-refractivity contribution is 7.12. The van der Waals surface area contributed by atoms with Crippen LogP contribution >= 0.6 is 11.3 Å². The highest BCUT2D eigenvalue weighted by atomic mass is 32.1. The molecular weight excluding hydrogens is 567 g/mol. The Morgan fingerprint density at radius 3 is 2.43 bits per heavy atom. The van der Waals surface area contributed by atoms with E-state index in [2.05, 4.69) is 26.8 Å². The number of thiazole rings is 1. The van der Waals surface area contributed by atoms with Crippen LogP contribution in [0.3, 0.4) is 0 Å². The number of hydrogen-bond acceptors (Lipinski definition) is 8. The van der Waals surface area contributed by atoms with E-state index in [1.807, 2.05) is 4.90 Å². The van der Waals surface area contributed by atoms with Crippen LogP contribution in [0, 0.1) is 12.8 Å². The number of hydrogen-bond donors (Lipinski definition) is 1. The van der Waals surface area contributed by atoms with Crippen molar-refractivity contribution in [1.29, 1.82) is 0 Å². The minimum Gasteiger partial charge on any atom is -0.481 e. The molecule has 1 N–H and O–H groups in total. The molecule has 0 amide bonds. The summed E-state index contributed by atoms with van der Waals surface area (Å²) < 4.78 is 41.0. The Labute approximate surface area is 247 Å². The van der Waals surface area contributed by atoms with Crippen LogP contribution in [0.4, 0.5) is 19.0 Å². The molecule has 0 aliphatic carbocycles. The third-order valence-corrected chi connectivity index (χ3v) is 9.04. The van der Waals surface area contributed by atoms with Gasteiger partial charge in [-0.2, -0.15) is 13.2 Å². The number of alkyl halides is 3. The number of halogens is 3. The fraction of sp³-hybridized carbons (Fsp3) is 0.500. The van der Waals surface area contributed by atoms with E-state index in [4.69, 9.17) is 0 Å². The van der Waals surface area contributed by atoms with E-state index in [0.29, 0.717) is 60.6 Å². The number of rotatable bonds is 8. The van der Waals surface area contributed by atoms with Crippen molar-refractivity contribution < 1.29 is 27.9 Å². The number of aliphatic carboxylic acids is 1. The van der Waals surface area contributed by atoms with Crippen LogP contribution in [-0.4, -0.2) is 62.4 Å². The van der Waals surface area contributed by atoms with Gasteiger partial charge in [0.1, 0.15) is 16.5 Å². The Balaban J connectivity index is 0.00000405. The second kappa shape index (κ2) is 12.9. The standard InChI is InChI=1S/C29H32F3N5O3S.CH4/c1-17-5-6-20(12-21(17)29(30,31)32)27-24(16-37-9-3-4-18(37)2)41-26(35-27)13-23(38)22-14-34-25(15-33-22)36-10-7-19(8-11-36)28(39)40;/h5-6,12,14-15,18-19H,3-4,7-11,13,16H2,1-2H3,(H,39,40);1H4/t18-;/m0./s1. The lowest BCUT2D eigenvalue weighted by Gasteiger charge is -2.30. The SMILES string of the molecule is C.Cc1ccc(-c2nc(CC(=O)c3cnc(N4CCC(C(=O)O)CC4)cn3)sc2CN2CCC[C@@H]2C)cc1C(F)(F)F. The molecular formula is C30H36F3N5O3S. The second-order valence-corrected chi connectivity index (χ2v) is 12.0. The van der Waals surface area contributed by atoms with Crippen LogP contribution in [0.2, 0.25) is 0 Å². The lowest BCUT2D eigenvalue weighted by atomic mass is 9.97. The Bertz CT molecular complexity index is 1420. The van der Waals surface area contributed by atoms with Crippen LogP contribution in [0.1, 0.15) is 71.5 Å². The molecule has 0 unspecified atom stereocenters. The minimum absolute atomic E-state index is 0. The Morgan fingerprint density at radius 2 is 1.83 bits per heavy atom. The molecule has 0 spiro atoms. The minimum atomic E-state index is -4.48. The van der Waals surface area contributed by atoms with E-state index >= 15 is 0 Å². The van der Waals surface area contributed by atoms with Crippen molar-refractivity contribution in [3.8, 4) is 11.3 Å². The molecule has 4 heterocycles. The van der Waals surface area contributed by atoms with Gasteiger partial charge in [0.15, 0.2) is 5.78 Å². The smallest absolute Gasteiger partial charge is 0.416 e. The fourth-order valence-corrected chi connectivity index (χ4v) is 6.62. The molecule has 2 aromatic heterocycles. The number of Topliss-reactive ketones (excluding diaryl/α,β-unsaturated/α-hetero) is 1. The maximum absolute atomic E-state index is 13.7. The van der Waals surface area contributed by atoms with Gasteiger partial charge in [0, 0.05) is 36.1 Å². The molecule has 0 radical (unpaired) electrons. The lowest BCUT2D eigenvalue weighted by Crippen LogP contribution is -2.36. The molecule has 42 heavy (non-hydrogen) atoms. The number of carboxylic acid groups (broad SMARTS) is 1. The van der Waals surface area contributed by atoms with Gasteiger partial charge in [-0.05, 0) is 57.7 Å². The molecule has 3 aromatic rings. The van der Waals surface area contributed by atoms with Crippen LogP contribution < -0.4 is 4.90 Å². The predicted molar refractivity (Wildman–Crippen MR) is 156 cm³/mol. The molecule has 2 fully saturated rings. The highest BCUT2D eigenvalue weighted by Gasteiger charge is 2.33. The van der Waals surface area contributed by atoms with Gasteiger partial charge in [-0.25, -0.2) is 15.0 Å². The molecule has 226 valence electrons. The van der Waals surface area contributed by atoms with Gasteiger partial charge in [0.2, 0.25) is 0 Å². The third kappa shape index (κ3) is 6.97. The topological polar surface area (TPSA) is 99.5 Å². The summed E-state index contributed by atoms with van der Waals surface area (Å²) in [7, 11) is 0. The van der Waals surface area contributed by atoms with Crippen molar-refractivity contribution in [3.05, 3.63) is 57.3 Å². The predicted octanol–water partition coefficient (Wildman–Crippen LogP) is 6.27. The summed E-state index contributed by atoms with van der Waals surface area (Å²) in [6.07, 6.45) is 1.59. The summed E-state index contributed by atoms with van der Waals surface area (Å²) in [6, 6.07) is 4.64. The maximum Gasteiger partial charge on any atom is 0.416 e. The van der Waals surface area contributed by atoms with Crippen molar-refractivity contribution in [2.45, 2.75) is 72.1 Å². The Hall–Kier alpha value is -3.38. The van der Waals surface area contributed by atoms with Crippen LogP contribution in [0.5, 0.6) is 0 Å². The zero-order valence-corrected chi connectivity index (χ0v) is 23.8. The number of carboxylic acids is 1. The Morgan fingerprint density at radius 1 is 1.10 bits per heavy atom. The van der Waals surface area contributed by atoms with Crippen molar-refractivity contribution in [1.82, 2.24) is 19.9 Å². The Kier molecular flexibility index (Phi) is 9.67. The van der Waals surface area contributed by atoms with Crippen molar-refractivity contribution in [2.24, 2.45) is 5.92 Å². The number of nitrogens with zero attached hydrogens (tertiary/aromatic N) is 5. The number of anilines is 1. The number of piperidine rings is 1. The van der Waals surface area contributed by atoms with E-state index < -0.39 is 17.7 Å². The van der Waals surface area contributed by atoms with Gasteiger partial charge < -0.3 is 10.0 Å². The fourth-order valence-electron chi connectivity index (χ4n) is 5.51. The molecule has 8 nitrogen and oxygen atoms in total. The van der Waals surface area contributed by atoms with Crippen molar-refractivity contribution >= 4 is 28.9 Å². The van der Waals surface area contributed by atoms with Gasteiger partial charge in [-0.15, -0.1) is 11.3 Å². The van der Waals surface area contributed by atoms with Crippen LogP contribution in [0.25, 0.3) is 11.3 Å². The molecule has 12 heteroatoms. The largest absolute Gasteiger partial charge is 0.481 e. The van der Waals surface area contributed by atoms with Crippen LogP contribution in [-0.2, 0) is 23.9 Å². The lowest BCUT2D eigenvalue weighted by molar-refractivity contribution is -0.142. The quantitative estimate of drug-likeness (QED) is 0.301. The number of carbonyl (C=O) groups excluding carboxylic acids is 1. The summed E-state index contributed by atoms with van der Waals surface area (Å²) in [5, 5.41) is 9.72. The normalized spacial score (nSPS) is 18.2. The molecule has 1 aromatic carbocycles. The first-order valence-corrected chi connectivity index (χ1v) is 14.5. The molecule has 0 bridgehead atoms. The third-order valence-electron chi connectivity index (χ3n) is 8.00. The molecule has 0 saturated carbocycles. The van der Waals surface area contributed by atoms with Gasteiger partial charge in [-0.1, -0.05) is 19.6 Å². The average molecular weight is 604 g/mol. The van der Waals surface area contributed by atoms with E-state index in [0.717, 1.165) is 30.3 Å². The summed E-state index contributed by atoms with van der Waals surface area (Å²) >= 11 is 1.35. The number of aryl methyl sites for hydroxylation is 1. The van der Waals surface area contributed by atoms with Crippen LogP contribution in [0.15, 0.2) is 30.6 Å². The summed E-state index contributed by atoms with van der Waals surface area (Å²) in [6.45, 7) is 6.15. The molecule has 2 aliphatic heterocycles. The number of likely N-dealkylation sites (tertiary alicyclic amines) is 1. The summed E-state index contributed by atoms with van der Waals surface area (Å²) in [4.78, 5) is 42.8. The van der Waals surface area contributed by atoms with Crippen molar-refractivity contribution in [2.75, 3.05) is 24.5 Å². The first-order valence-electron chi connectivity index (χ1n) is 13.7. The monoisotopic (exact) mass is 603 g/mol. The van der Waals surface area contributed by atoms with Gasteiger partial charge in [-0.3, -0.25) is 14.5 Å². The zero-order valence-electron chi connectivity index (χ0n) is 22.9. The van der Waals surface area contributed by atoms with E-state index in [-0.39, 0.29) is 36.8 Å². The van der Waals surface area contributed by atoms with Gasteiger partial charge >= 0.3 is 12.1 Å². The summed E-state index contributed by atoms with van der Waals surface area (Å²) in [5.41, 5.74) is 0.498. The number of benzene rings is 1. The first-order chi connectivity index (χ1) is 19.5. The molecule has 2 aliphatic rings. The number of aromatic nitrogens is 3. The van der Waals surface area contributed by atoms with Gasteiger partial charge in [0.25, 0.3) is 0 Å². The molecule has 2 saturated heterocycles. The number of carbonyl (C=O) groups is 2. The highest BCUT2D eigenvalue weighted by Crippen LogP contribution is 2.37. The second-order valence-electron chi connectivity index (χ2n) is 10.8. The number of ketones is 1. The zero-order chi connectivity index (χ0) is 29.3. The first kappa shape index (κ1) is 31.6. The van der Waals surface area contributed by atoms with Gasteiger partial charge in [0.05, 0.1) is 36.0 Å².